The van der Waals surface area contributed by atoms with Crippen molar-refractivity contribution in [3.8, 4) is 6.07 Å². The van der Waals surface area contributed by atoms with Crippen molar-refractivity contribution >= 4 is 11.6 Å². The van der Waals surface area contributed by atoms with E-state index in [9.17, 15) is 0 Å². The van der Waals surface area contributed by atoms with Crippen molar-refractivity contribution in [3.63, 3.8) is 0 Å². The number of aliphatic hydroxyl groups excluding tert-OH is 1. The molecule has 1 rings (SSSR count). The Morgan fingerprint density at radius 2 is 2.46 bits per heavy atom. The number of hydrogen-bond donors (Lipinski definition) is 1. The van der Waals surface area contributed by atoms with Crippen LogP contribution >= 0.6 is 11.6 Å². The topological polar surface area (TPSA) is 47.3 Å². The van der Waals surface area contributed by atoms with Gasteiger partial charge in [0.25, 0.3) is 0 Å². The van der Waals surface area contributed by atoms with Crippen LogP contribution in [0.5, 0.6) is 0 Å². The molecule has 74 valence electrons. The summed E-state index contributed by atoms with van der Waals surface area (Å²) in [5.41, 5.74) is 0. The molecular weight excluding hydrogens is 188 g/mol. The van der Waals surface area contributed by atoms with Crippen molar-refractivity contribution in [3.05, 3.63) is 0 Å². The summed E-state index contributed by atoms with van der Waals surface area (Å²) in [7, 11) is 0. The summed E-state index contributed by atoms with van der Waals surface area (Å²) in [6.45, 7) is 3.86. The standard InChI is InChI=1S/C9H15ClN2O/c1-7-8(6-13)2-3-12(7)5-9(10)4-11/h7-9,13H,2-3,5-6H2,1H3. The van der Waals surface area contributed by atoms with Gasteiger partial charge in [-0.25, -0.2) is 0 Å². The van der Waals surface area contributed by atoms with Gasteiger partial charge in [-0.1, -0.05) is 0 Å². The zero-order valence-electron chi connectivity index (χ0n) is 7.78. The van der Waals surface area contributed by atoms with Crippen molar-refractivity contribution in [2.75, 3.05) is 19.7 Å². The van der Waals surface area contributed by atoms with E-state index in [0.717, 1.165) is 13.0 Å². The maximum Gasteiger partial charge on any atom is 0.133 e. The van der Waals surface area contributed by atoms with Crippen LogP contribution in [0.2, 0.25) is 0 Å². The smallest absolute Gasteiger partial charge is 0.133 e. The van der Waals surface area contributed by atoms with Gasteiger partial charge in [0, 0.05) is 19.2 Å². The Balaban J connectivity index is 2.42. The van der Waals surface area contributed by atoms with E-state index in [1.807, 2.05) is 6.07 Å². The molecule has 1 heterocycles. The molecule has 1 saturated heterocycles. The number of halogens is 1. The van der Waals surface area contributed by atoms with Gasteiger partial charge in [-0.3, -0.25) is 4.90 Å². The predicted octanol–water partition coefficient (Wildman–Crippen LogP) is 0.820. The van der Waals surface area contributed by atoms with Crippen LogP contribution < -0.4 is 0 Å². The lowest BCUT2D eigenvalue weighted by atomic mass is 10.0. The molecule has 0 aromatic rings. The lowest BCUT2D eigenvalue weighted by Gasteiger charge is -2.23. The predicted molar refractivity (Wildman–Crippen MR) is 51.5 cm³/mol. The minimum absolute atomic E-state index is 0.233. The summed E-state index contributed by atoms with van der Waals surface area (Å²) in [5.74, 6) is 0.350. The SMILES string of the molecule is CC1C(CO)CCN1CC(Cl)C#N. The number of alkyl halides is 1. The van der Waals surface area contributed by atoms with Gasteiger partial charge in [-0.2, -0.15) is 5.26 Å². The highest BCUT2D eigenvalue weighted by atomic mass is 35.5. The lowest BCUT2D eigenvalue weighted by Crippen LogP contribution is -2.35. The summed E-state index contributed by atoms with van der Waals surface area (Å²) in [6.07, 6.45) is 1.01. The molecule has 3 nitrogen and oxygen atoms in total. The van der Waals surface area contributed by atoms with Crippen LogP contribution in [0.3, 0.4) is 0 Å². The average Bonchev–Trinajstić information content (AvgIpc) is 2.48. The fraction of sp³-hybridized carbons (Fsp3) is 0.889. The second kappa shape index (κ2) is 4.80. The first-order chi connectivity index (χ1) is 6.19. The third-order valence-electron chi connectivity index (χ3n) is 2.81. The number of aliphatic hydroxyl groups is 1. The molecule has 13 heavy (non-hydrogen) atoms. The first kappa shape index (κ1) is 10.8. The van der Waals surface area contributed by atoms with E-state index in [4.69, 9.17) is 22.0 Å². The van der Waals surface area contributed by atoms with E-state index in [0.29, 0.717) is 18.5 Å². The van der Waals surface area contributed by atoms with Crippen LogP contribution in [0.4, 0.5) is 0 Å². The Bertz CT molecular complexity index is 204. The second-order valence-corrected chi connectivity index (χ2v) is 4.09. The summed E-state index contributed by atoms with van der Waals surface area (Å²) in [5, 5.41) is 17.1. The monoisotopic (exact) mass is 202 g/mol. The van der Waals surface area contributed by atoms with Gasteiger partial charge >= 0.3 is 0 Å². The summed E-state index contributed by atoms with van der Waals surface area (Å²) in [4.78, 5) is 2.17. The van der Waals surface area contributed by atoms with Gasteiger partial charge < -0.3 is 5.11 Å². The molecule has 1 fully saturated rings. The Morgan fingerprint density at radius 1 is 1.77 bits per heavy atom. The number of likely N-dealkylation sites (tertiary alicyclic amines) is 1. The molecule has 0 radical (unpaired) electrons. The molecule has 0 bridgehead atoms. The molecule has 3 unspecified atom stereocenters. The molecule has 0 saturated carbocycles. The molecule has 0 aromatic heterocycles. The van der Waals surface area contributed by atoms with Crippen molar-refractivity contribution < 1.29 is 5.11 Å². The zero-order valence-corrected chi connectivity index (χ0v) is 8.54. The van der Waals surface area contributed by atoms with Gasteiger partial charge in [0.05, 0.1) is 6.07 Å². The average molecular weight is 203 g/mol. The minimum Gasteiger partial charge on any atom is -0.396 e. The molecule has 1 aliphatic heterocycles. The third kappa shape index (κ3) is 2.57. The molecule has 1 aliphatic rings. The number of nitrogens with zero attached hydrogens (tertiary/aromatic N) is 2. The van der Waals surface area contributed by atoms with Crippen LogP contribution in [0.15, 0.2) is 0 Å². The van der Waals surface area contributed by atoms with Gasteiger partial charge in [0.1, 0.15) is 5.38 Å². The minimum atomic E-state index is -0.431. The van der Waals surface area contributed by atoms with Crippen LogP contribution in [-0.2, 0) is 0 Å². The fourth-order valence-electron chi connectivity index (χ4n) is 1.82. The molecule has 0 spiro atoms. The Labute approximate surface area is 83.9 Å². The largest absolute Gasteiger partial charge is 0.396 e. The second-order valence-electron chi connectivity index (χ2n) is 3.56. The van der Waals surface area contributed by atoms with Crippen molar-refractivity contribution in [1.82, 2.24) is 4.90 Å². The Kier molecular flexibility index (Phi) is 3.98. The van der Waals surface area contributed by atoms with Crippen LogP contribution in [-0.4, -0.2) is 41.1 Å². The Hall–Kier alpha value is -0.300. The van der Waals surface area contributed by atoms with E-state index >= 15 is 0 Å². The molecule has 4 heteroatoms. The summed E-state index contributed by atoms with van der Waals surface area (Å²) < 4.78 is 0. The molecule has 0 aromatic carbocycles. The summed E-state index contributed by atoms with van der Waals surface area (Å²) >= 11 is 5.74. The molecule has 1 N–H and O–H groups in total. The highest BCUT2D eigenvalue weighted by Gasteiger charge is 2.30. The van der Waals surface area contributed by atoms with Gasteiger partial charge in [-0.05, 0) is 25.8 Å². The molecule has 3 atom stereocenters. The highest BCUT2D eigenvalue weighted by Crippen LogP contribution is 2.23. The van der Waals surface area contributed by atoms with Gasteiger partial charge in [0.15, 0.2) is 0 Å². The summed E-state index contributed by atoms with van der Waals surface area (Å²) in [6, 6.07) is 2.35. The lowest BCUT2D eigenvalue weighted by molar-refractivity contribution is 0.178. The molecular formula is C9H15ClN2O. The fourth-order valence-corrected chi connectivity index (χ4v) is 2.00. The molecule has 0 amide bonds. The number of rotatable bonds is 3. The van der Waals surface area contributed by atoms with Crippen molar-refractivity contribution in [2.24, 2.45) is 5.92 Å². The van der Waals surface area contributed by atoms with E-state index < -0.39 is 5.38 Å². The maximum absolute atomic E-state index is 9.02. The molecule has 0 aliphatic carbocycles. The first-order valence-electron chi connectivity index (χ1n) is 4.57. The van der Waals surface area contributed by atoms with Crippen LogP contribution in [0.25, 0.3) is 0 Å². The maximum atomic E-state index is 9.02. The van der Waals surface area contributed by atoms with E-state index in [2.05, 4.69) is 11.8 Å². The van der Waals surface area contributed by atoms with E-state index in [1.54, 1.807) is 0 Å². The van der Waals surface area contributed by atoms with Crippen molar-refractivity contribution in [1.29, 1.82) is 5.26 Å². The van der Waals surface area contributed by atoms with E-state index in [1.165, 1.54) is 0 Å². The normalized spacial score (nSPS) is 31.5. The van der Waals surface area contributed by atoms with Crippen molar-refractivity contribution in [2.45, 2.75) is 24.8 Å². The first-order valence-corrected chi connectivity index (χ1v) is 5.01. The number of nitriles is 1. The highest BCUT2D eigenvalue weighted by molar-refractivity contribution is 6.22. The number of hydrogen-bond acceptors (Lipinski definition) is 3. The quantitative estimate of drug-likeness (QED) is 0.690. The third-order valence-corrected chi connectivity index (χ3v) is 3.05. The zero-order chi connectivity index (χ0) is 9.84. The van der Waals surface area contributed by atoms with Crippen LogP contribution in [0, 0.1) is 17.2 Å². The van der Waals surface area contributed by atoms with E-state index in [-0.39, 0.29) is 6.61 Å². The van der Waals surface area contributed by atoms with Crippen LogP contribution in [0.1, 0.15) is 13.3 Å². The Morgan fingerprint density at radius 3 is 2.92 bits per heavy atom. The van der Waals surface area contributed by atoms with Gasteiger partial charge in [-0.15, -0.1) is 11.6 Å². The van der Waals surface area contributed by atoms with Gasteiger partial charge in [0.2, 0.25) is 0 Å².